The van der Waals surface area contributed by atoms with Crippen LogP contribution in [0.5, 0.6) is 0 Å². The van der Waals surface area contributed by atoms with Crippen molar-refractivity contribution in [1.82, 2.24) is 0 Å². The third-order valence-corrected chi connectivity index (χ3v) is 14.9. The average molecular weight is 959 g/mol. The number of hydrogen-bond acceptors (Lipinski definition) is 2. The Morgan fingerprint density at radius 3 is 1.01 bits per heavy atom. The fourth-order valence-electron chi connectivity index (χ4n) is 10.9. The number of fused-ring (bicyclic) bond motifs is 2. The Kier molecular flexibility index (Phi) is 12.4. The molecule has 11 aromatic rings. The van der Waals surface area contributed by atoms with E-state index in [-0.39, 0.29) is 10.8 Å². The molecule has 0 unspecified atom stereocenters. The van der Waals surface area contributed by atoms with E-state index < -0.39 is 0 Å². The summed E-state index contributed by atoms with van der Waals surface area (Å²) in [5, 5.41) is 10.3. The first kappa shape index (κ1) is 48.1. The van der Waals surface area contributed by atoms with Crippen molar-refractivity contribution in [3.05, 3.63) is 250 Å². The second kappa shape index (κ2) is 19.0. The van der Waals surface area contributed by atoms with Gasteiger partial charge in [-0.05, 0) is 165 Å². The second-order valence-electron chi connectivity index (χ2n) is 22.6. The van der Waals surface area contributed by atoms with Gasteiger partial charge in [0.2, 0.25) is 0 Å². The van der Waals surface area contributed by atoms with Crippen LogP contribution >= 0.6 is 0 Å². The molecule has 0 aromatic heterocycles. The Hall–Kier alpha value is -8.20. The Morgan fingerprint density at radius 2 is 0.595 bits per heavy atom. The largest absolute Gasteiger partial charge is 0.310 e. The lowest BCUT2D eigenvalue weighted by Gasteiger charge is -2.33. The third kappa shape index (κ3) is 9.15. The molecular weight excluding hydrogens is 893 g/mol. The molecule has 0 bridgehead atoms. The lowest BCUT2D eigenvalue weighted by atomic mass is 9.75. The highest BCUT2D eigenvalue weighted by Gasteiger charge is 2.30. The van der Waals surface area contributed by atoms with Gasteiger partial charge < -0.3 is 9.80 Å². The summed E-state index contributed by atoms with van der Waals surface area (Å²) in [7, 11) is 0. The number of nitrogens with zero attached hydrogens (tertiary/aromatic N) is 2. The number of anilines is 6. The zero-order valence-electron chi connectivity index (χ0n) is 44.7. The van der Waals surface area contributed by atoms with Crippen LogP contribution in [0.15, 0.2) is 194 Å². The molecule has 364 valence electrons. The molecule has 0 aliphatic carbocycles. The highest BCUT2D eigenvalue weighted by Crippen LogP contribution is 2.53. The molecule has 0 saturated heterocycles. The summed E-state index contributed by atoms with van der Waals surface area (Å²) >= 11 is 0. The highest BCUT2D eigenvalue weighted by molar-refractivity contribution is 6.37. The lowest BCUT2D eigenvalue weighted by Crippen LogP contribution is -2.17. The molecule has 11 aromatic carbocycles. The normalized spacial score (nSPS) is 12.4. The van der Waals surface area contributed by atoms with Crippen molar-refractivity contribution < 1.29 is 0 Å². The van der Waals surface area contributed by atoms with Crippen LogP contribution in [0.2, 0.25) is 0 Å². The van der Waals surface area contributed by atoms with Crippen molar-refractivity contribution in [2.24, 2.45) is 0 Å². The summed E-state index contributed by atoms with van der Waals surface area (Å²) in [5.41, 5.74) is 18.9. The van der Waals surface area contributed by atoms with E-state index in [0.29, 0.717) is 0 Å². The van der Waals surface area contributed by atoms with Gasteiger partial charge in [-0.3, -0.25) is 0 Å². The lowest BCUT2D eigenvalue weighted by molar-refractivity contribution is 0.595. The molecule has 11 rings (SSSR count). The second-order valence-corrected chi connectivity index (χ2v) is 22.6. The monoisotopic (exact) mass is 959 g/mol. The standard InChI is InChI=1S/C72H66N2/c1-47-14-22-51(23-15-47)26-28-53-30-38-57(39-31-53)73(55-34-18-49(3)19-35-55)65-45-43-62-68-60(65)42-44-63(71(5,6)7)69(68)61-13-11-12-59-66(46-64(72(8,9)10)70(62)67(59)61)74(56-36-20-50(4)21-37-56)58-40-32-54(33-41-58)29-27-52-24-16-48(2)17-25-52/h11-46H,1-10H3/b28-26+,29-27+. The molecule has 2 heteroatoms. The summed E-state index contributed by atoms with van der Waals surface area (Å²) < 4.78 is 0. The van der Waals surface area contributed by atoms with E-state index in [1.807, 2.05) is 0 Å². The van der Waals surface area contributed by atoms with Gasteiger partial charge in [0.15, 0.2) is 0 Å². The summed E-state index contributed by atoms with van der Waals surface area (Å²) in [5.74, 6) is 0. The minimum atomic E-state index is -0.206. The fraction of sp³-hybridized carbons (Fsp3) is 0.167. The summed E-state index contributed by atoms with van der Waals surface area (Å²) in [4.78, 5) is 4.94. The van der Waals surface area contributed by atoms with Crippen LogP contribution in [0.4, 0.5) is 34.1 Å². The molecule has 2 nitrogen and oxygen atoms in total. The SMILES string of the molecule is Cc1ccc(/C=C/c2ccc(N(c3ccc(C)cc3)c3ccc4c5c(C(C)(C)C)cc(N(c6ccc(C)cc6)c6ccc(/C=C/c7ccc(C)cc7)cc6)c6cccc(c7c(C(C)(C)C)ccc3c47)c65)cc2)cc1. The van der Waals surface area contributed by atoms with Gasteiger partial charge >= 0.3 is 0 Å². The number of benzene rings is 11. The van der Waals surface area contributed by atoms with Crippen LogP contribution in [0.25, 0.3) is 67.4 Å². The van der Waals surface area contributed by atoms with Crippen LogP contribution in [0, 0.1) is 27.7 Å². The maximum absolute atomic E-state index is 2.51. The number of aryl methyl sites for hydroxylation is 4. The van der Waals surface area contributed by atoms with E-state index in [9.17, 15) is 0 Å². The van der Waals surface area contributed by atoms with E-state index in [4.69, 9.17) is 0 Å². The van der Waals surface area contributed by atoms with Crippen molar-refractivity contribution in [3.8, 4) is 0 Å². The van der Waals surface area contributed by atoms with Gasteiger partial charge in [-0.1, -0.05) is 222 Å². The van der Waals surface area contributed by atoms with E-state index in [0.717, 1.165) is 39.6 Å². The minimum absolute atomic E-state index is 0.136. The highest BCUT2D eigenvalue weighted by atomic mass is 15.1. The molecule has 0 radical (unpaired) electrons. The molecule has 0 atom stereocenters. The third-order valence-electron chi connectivity index (χ3n) is 14.9. The summed E-state index contributed by atoms with van der Waals surface area (Å²) in [6, 6.07) is 72.7. The van der Waals surface area contributed by atoms with Gasteiger partial charge in [0.25, 0.3) is 0 Å². The molecule has 0 spiro atoms. The van der Waals surface area contributed by atoms with Crippen LogP contribution in [0.1, 0.15) is 97.2 Å². The number of rotatable bonds is 10. The molecule has 0 aliphatic heterocycles. The topological polar surface area (TPSA) is 6.48 Å². The average Bonchev–Trinajstić information content (AvgIpc) is 3.40. The predicted octanol–water partition coefficient (Wildman–Crippen LogP) is 20.8. The Morgan fingerprint density at radius 1 is 0.284 bits per heavy atom. The van der Waals surface area contributed by atoms with Crippen molar-refractivity contribution in [2.45, 2.75) is 80.1 Å². The molecule has 0 heterocycles. The molecule has 0 fully saturated rings. The zero-order chi connectivity index (χ0) is 51.5. The van der Waals surface area contributed by atoms with Gasteiger partial charge in [0.05, 0.1) is 11.4 Å². The van der Waals surface area contributed by atoms with Crippen molar-refractivity contribution in [2.75, 3.05) is 9.80 Å². The Balaban J connectivity index is 1.14. The molecule has 0 saturated carbocycles. The van der Waals surface area contributed by atoms with Crippen LogP contribution in [-0.2, 0) is 10.8 Å². The smallest absolute Gasteiger partial charge is 0.0543 e. The van der Waals surface area contributed by atoms with Gasteiger partial charge in [0, 0.05) is 33.5 Å². The quantitative estimate of drug-likeness (QED) is 0.0766. The Labute approximate surface area is 438 Å². The van der Waals surface area contributed by atoms with Crippen LogP contribution in [0.3, 0.4) is 0 Å². The molecular formula is C72H66N2. The van der Waals surface area contributed by atoms with Gasteiger partial charge in [0.1, 0.15) is 0 Å². The van der Waals surface area contributed by atoms with E-state index in [1.165, 1.54) is 93.3 Å². The zero-order valence-corrected chi connectivity index (χ0v) is 44.7. The van der Waals surface area contributed by atoms with E-state index in [2.05, 4.69) is 297 Å². The van der Waals surface area contributed by atoms with E-state index >= 15 is 0 Å². The van der Waals surface area contributed by atoms with Crippen LogP contribution in [-0.4, -0.2) is 0 Å². The number of hydrogen-bond donors (Lipinski definition) is 0. The predicted molar refractivity (Wildman–Crippen MR) is 324 cm³/mol. The first-order chi connectivity index (χ1) is 35.6. The molecule has 0 amide bonds. The van der Waals surface area contributed by atoms with Crippen LogP contribution < -0.4 is 9.80 Å². The van der Waals surface area contributed by atoms with Crippen molar-refractivity contribution in [3.63, 3.8) is 0 Å². The first-order valence-corrected chi connectivity index (χ1v) is 26.2. The molecule has 74 heavy (non-hydrogen) atoms. The molecule has 0 aliphatic rings. The maximum Gasteiger partial charge on any atom is 0.0543 e. The fourth-order valence-corrected chi connectivity index (χ4v) is 10.9. The maximum atomic E-state index is 2.51. The van der Waals surface area contributed by atoms with Gasteiger partial charge in [-0.25, -0.2) is 0 Å². The first-order valence-electron chi connectivity index (χ1n) is 26.2. The van der Waals surface area contributed by atoms with Gasteiger partial charge in [-0.15, -0.1) is 0 Å². The van der Waals surface area contributed by atoms with Crippen molar-refractivity contribution >= 4 is 102 Å². The van der Waals surface area contributed by atoms with Crippen molar-refractivity contribution in [1.29, 1.82) is 0 Å². The minimum Gasteiger partial charge on any atom is -0.310 e. The summed E-state index contributed by atoms with van der Waals surface area (Å²) in [6.07, 6.45) is 8.82. The van der Waals surface area contributed by atoms with E-state index in [1.54, 1.807) is 0 Å². The Bertz CT molecular complexity index is 3850. The molecule has 0 N–H and O–H groups in total. The summed E-state index contributed by atoms with van der Waals surface area (Å²) in [6.45, 7) is 22.8. The van der Waals surface area contributed by atoms with Gasteiger partial charge in [-0.2, -0.15) is 0 Å².